The lowest BCUT2D eigenvalue weighted by atomic mass is 9.90. The highest BCUT2D eigenvalue weighted by atomic mass is 16.5. The molecule has 0 bridgehead atoms. The van der Waals surface area contributed by atoms with E-state index in [-0.39, 0.29) is 6.04 Å². The Morgan fingerprint density at radius 2 is 1.77 bits per heavy atom. The smallest absolute Gasteiger partial charge is 0.119 e. The van der Waals surface area contributed by atoms with Crippen molar-refractivity contribution in [1.82, 2.24) is 10.2 Å². The number of methoxy groups -OCH3 is 1. The fraction of sp³-hybridized carbons (Fsp3) is 0.455. The van der Waals surface area contributed by atoms with Crippen LogP contribution in [0, 0.1) is 0 Å². The SMILES string of the molecule is CCN(CC)CCOc1ccc(C2NCCc3cc(OC)ccc32)cc1. The van der Waals surface area contributed by atoms with Crippen LogP contribution in [0.25, 0.3) is 0 Å². The molecule has 1 heterocycles. The van der Waals surface area contributed by atoms with Crippen LogP contribution in [-0.4, -0.2) is 44.8 Å². The zero-order valence-corrected chi connectivity index (χ0v) is 16.1. The quantitative estimate of drug-likeness (QED) is 0.785. The Kier molecular flexibility index (Phi) is 6.53. The second kappa shape index (κ2) is 9.06. The third kappa shape index (κ3) is 4.37. The maximum absolute atomic E-state index is 5.90. The van der Waals surface area contributed by atoms with Gasteiger partial charge in [0.2, 0.25) is 0 Å². The second-order valence-corrected chi connectivity index (χ2v) is 6.65. The van der Waals surface area contributed by atoms with E-state index in [1.165, 1.54) is 16.7 Å². The van der Waals surface area contributed by atoms with E-state index in [0.717, 1.165) is 50.7 Å². The van der Waals surface area contributed by atoms with Crippen molar-refractivity contribution >= 4 is 0 Å². The largest absolute Gasteiger partial charge is 0.497 e. The van der Waals surface area contributed by atoms with E-state index in [4.69, 9.17) is 9.47 Å². The molecule has 2 aromatic rings. The van der Waals surface area contributed by atoms with E-state index in [9.17, 15) is 0 Å². The van der Waals surface area contributed by atoms with Crippen LogP contribution in [0.3, 0.4) is 0 Å². The molecule has 3 rings (SSSR count). The van der Waals surface area contributed by atoms with Crippen LogP contribution >= 0.6 is 0 Å². The molecule has 0 radical (unpaired) electrons. The summed E-state index contributed by atoms with van der Waals surface area (Å²) in [6.45, 7) is 9.17. The van der Waals surface area contributed by atoms with Gasteiger partial charge >= 0.3 is 0 Å². The lowest BCUT2D eigenvalue weighted by Gasteiger charge is -2.28. The third-order valence-electron chi connectivity index (χ3n) is 5.19. The first-order chi connectivity index (χ1) is 12.7. The van der Waals surface area contributed by atoms with Crippen molar-refractivity contribution in [3.05, 3.63) is 59.2 Å². The summed E-state index contributed by atoms with van der Waals surface area (Å²) in [6.07, 6.45) is 1.04. The van der Waals surface area contributed by atoms with Gasteiger partial charge in [0.25, 0.3) is 0 Å². The number of rotatable bonds is 8. The van der Waals surface area contributed by atoms with Crippen molar-refractivity contribution in [2.75, 3.05) is 39.9 Å². The highest BCUT2D eigenvalue weighted by Gasteiger charge is 2.21. The highest BCUT2D eigenvalue weighted by Crippen LogP contribution is 2.31. The van der Waals surface area contributed by atoms with Crippen LogP contribution < -0.4 is 14.8 Å². The number of hydrogen-bond donors (Lipinski definition) is 1. The number of hydrogen-bond acceptors (Lipinski definition) is 4. The molecule has 1 atom stereocenters. The summed E-state index contributed by atoms with van der Waals surface area (Å²) in [5, 5.41) is 3.63. The monoisotopic (exact) mass is 354 g/mol. The van der Waals surface area contributed by atoms with Crippen molar-refractivity contribution in [3.8, 4) is 11.5 Å². The van der Waals surface area contributed by atoms with Gasteiger partial charge in [0.15, 0.2) is 0 Å². The first-order valence-corrected chi connectivity index (χ1v) is 9.60. The number of ether oxygens (including phenoxy) is 2. The minimum Gasteiger partial charge on any atom is -0.497 e. The summed E-state index contributed by atoms with van der Waals surface area (Å²) < 4.78 is 11.3. The average Bonchev–Trinajstić information content (AvgIpc) is 2.71. The number of nitrogens with one attached hydrogen (secondary N) is 1. The third-order valence-corrected chi connectivity index (χ3v) is 5.19. The van der Waals surface area contributed by atoms with Crippen LogP contribution in [0.2, 0.25) is 0 Å². The fourth-order valence-corrected chi connectivity index (χ4v) is 3.55. The van der Waals surface area contributed by atoms with E-state index < -0.39 is 0 Å². The van der Waals surface area contributed by atoms with Gasteiger partial charge in [0, 0.05) is 13.1 Å². The maximum atomic E-state index is 5.90. The summed E-state index contributed by atoms with van der Waals surface area (Å²) in [4.78, 5) is 2.37. The number of benzene rings is 2. The molecule has 1 unspecified atom stereocenters. The second-order valence-electron chi connectivity index (χ2n) is 6.65. The molecule has 4 nitrogen and oxygen atoms in total. The maximum Gasteiger partial charge on any atom is 0.119 e. The van der Waals surface area contributed by atoms with Gasteiger partial charge in [0.05, 0.1) is 13.2 Å². The summed E-state index contributed by atoms with van der Waals surface area (Å²) in [6, 6.07) is 15.1. The molecule has 0 fully saturated rings. The average molecular weight is 354 g/mol. The molecular weight excluding hydrogens is 324 g/mol. The first kappa shape index (κ1) is 18.7. The summed E-state index contributed by atoms with van der Waals surface area (Å²) >= 11 is 0. The van der Waals surface area contributed by atoms with Crippen LogP contribution in [-0.2, 0) is 6.42 Å². The fourth-order valence-electron chi connectivity index (χ4n) is 3.55. The molecule has 0 saturated carbocycles. The van der Waals surface area contributed by atoms with Crippen LogP contribution in [0.4, 0.5) is 0 Å². The zero-order chi connectivity index (χ0) is 18.4. The molecular formula is C22H30N2O2. The van der Waals surface area contributed by atoms with Gasteiger partial charge in [-0.25, -0.2) is 0 Å². The lowest BCUT2D eigenvalue weighted by molar-refractivity contribution is 0.223. The van der Waals surface area contributed by atoms with Gasteiger partial charge < -0.3 is 19.7 Å². The predicted octanol–water partition coefficient (Wildman–Crippen LogP) is 3.65. The normalized spacial score (nSPS) is 16.4. The Morgan fingerprint density at radius 3 is 2.46 bits per heavy atom. The van der Waals surface area contributed by atoms with E-state index in [2.05, 4.69) is 60.5 Å². The number of nitrogens with zero attached hydrogens (tertiary/aromatic N) is 1. The molecule has 140 valence electrons. The molecule has 0 spiro atoms. The van der Waals surface area contributed by atoms with Gasteiger partial charge in [-0.05, 0) is 60.5 Å². The molecule has 1 N–H and O–H groups in total. The van der Waals surface area contributed by atoms with Gasteiger partial charge in [0.1, 0.15) is 18.1 Å². The molecule has 1 aliphatic heterocycles. The molecule has 0 aliphatic carbocycles. The zero-order valence-electron chi connectivity index (χ0n) is 16.1. The predicted molar refractivity (Wildman–Crippen MR) is 106 cm³/mol. The van der Waals surface area contributed by atoms with Crippen molar-refractivity contribution in [1.29, 1.82) is 0 Å². The topological polar surface area (TPSA) is 33.7 Å². The molecule has 0 saturated heterocycles. The molecule has 26 heavy (non-hydrogen) atoms. The molecule has 2 aromatic carbocycles. The molecule has 4 heteroatoms. The van der Waals surface area contributed by atoms with Gasteiger partial charge in [-0.15, -0.1) is 0 Å². The lowest BCUT2D eigenvalue weighted by Crippen LogP contribution is -2.30. The minimum absolute atomic E-state index is 0.231. The summed E-state index contributed by atoms with van der Waals surface area (Å²) in [5.41, 5.74) is 3.98. The Labute approximate surface area is 157 Å². The van der Waals surface area contributed by atoms with E-state index >= 15 is 0 Å². The van der Waals surface area contributed by atoms with E-state index in [1.807, 2.05) is 6.07 Å². The minimum atomic E-state index is 0.231. The van der Waals surface area contributed by atoms with Crippen molar-refractivity contribution in [2.45, 2.75) is 26.3 Å². The Balaban J connectivity index is 1.66. The van der Waals surface area contributed by atoms with Gasteiger partial charge in [-0.1, -0.05) is 32.0 Å². The Hall–Kier alpha value is -2.04. The van der Waals surface area contributed by atoms with E-state index in [1.54, 1.807) is 7.11 Å². The van der Waals surface area contributed by atoms with Crippen LogP contribution in [0.15, 0.2) is 42.5 Å². The highest BCUT2D eigenvalue weighted by molar-refractivity contribution is 5.44. The van der Waals surface area contributed by atoms with E-state index in [0.29, 0.717) is 0 Å². The summed E-state index contributed by atoms with van der Waals surface area (Å²) in [5.74, 6) is 1.87. The Morgan fingerprint density at radius 1 is 1.04 bits per heavy atom. The first-order valence-electron chi connectivity index (χ1n) is 9.60. The van der Waals surface area contributed by atoms with Gasteiger partial charge in [-0.2, -0.15) is 0 Å². The van der Waals surface area contributed by atoms with Crippen molar-refractivity contribution in [2.24, 2.45) is 0 Å². The van der Waals surface area contributed by atoms with Gasteiger partial charge in [-0.3, -0.25) is 0 Å². The Bertz CT molecular complexity index is 696. The summed E-state index contributed by atoms with van der Waals surface area (Å²) in [7, 11) is 1.72. The van der Waals surface area contributed by atoms with Crippen molar-refractivity contribution < 1.29 is 9.47 Å². The van der Waals surface area contributed by atoms with Crippen LogP contribution in [0.1, 0.15) is 36.6 Å². The molecule has 0 amide bonds. The van der Waals surface area contributed by atoms with Crippen molar-refractivity contribution in [3.63, 3.8) is 0 Å². The number of likely N-dealkylation sites (N-methyl/N-ethyl adjacent to an activating group) is 1. The number of fused-ring (bicyclic) bond motifs is 1. The molecule has 1 aliphatic rings. The van der Waals surface area contributed by atoms with Crippen LogP contribution in [0.5, 0.6) is 11.5 Å². The standard InChI is InChI=1S/C22H30N2O2/c1-4-24(5-2)14-15-26-19-8-6-17(7-9-19)22-21-11-10-20(25-3)16-18(21)12-13-23-22/h6-11,16,22-23H,4-5,12-15H2,1-3H3. The molecule has 0 aromatic heterocycles.